The van der Waals surface area contributed by atoms with Crippen LogP contribution < -0.4 is 10.5 Å². The molecule has 0 heterocycles. The van der Waals surface area contributed by atoms with Crippen molar-refractivity contribution < 1.29 is 9.13 Å². The Morgan fingerprint density at radius 3 is 2.31 bits per heavy atom. The maximum absolute atomic E-state index is 12.8. The molecule has 0 aliphatic rings. The second kappa shape index (κ2) is 4.23. The number of anilines is 1. The predicted octanol–water partition coefficient (Wildman–Crippen LogP) is 3.08. The molecule has 2 N–H and O–H groups in total. The maximum Gasteiger partial charge on any atom is 0.123 e. The highest BCUT2D eigenvalue weighted by Gasteiger charge is 2.03. The van der Waals surface area contributed by atoms with E-state index in [9.17, 15) is 4.39 Å². The van der Waals surface area contributed by atoms with Crippen molar-refractivity contribution in [2.45, 2.75) is 0 Å². The van der Waals surface area contributed by atoms with Gasteiger partial charge in [0, 0.05) is 17.3 Å². The van der Waals surface area contributed by atoms with Crippen LogP contribution in [0.5, 0.6) is 5.75 Å². The van der Waals surface area contributed by atoms with Gasteiger partial charge in [0.2, 0.25) is 0 Å². The van der Waals surface area contributed by atoms with Crippen LogP contribution in [0.25, 0.3) is 11.1 Å². The molecule has 0 aliphatic carbocycles. The lowest BCUT2D eigenvalue weighted by Gasteiger charge is -2.07. The Kier molecular flexibility index (Phi) is 2.77. The van der Waals surface area contributed by atoms with Gasteiger partial charge < -0.3 is 10.5 Å². The zero-order chi connectivity index (χ0) is 11.5. The van der Waals surface area contributed by atoms with Gasteiger partial charge in [-0.15, -0.1) is 0 Å². The summed E-state index contributed by atoms with van der Waals surface area (Å²) < 4.78 is 17.8. The molecule has 2 rings (SSSR count). The molecule has 2 aromatic rings. The number of methoxy groups -OCH3 is 1. The molecule has 0 saturated carbocycles. The molecule has 0 bridgehead atoms. The van der Waals surface area contributed by atoms with Gasteiger partial charge in [0.1, 0.15) is 11.6 Å². The van der Waals surface area contributed by atoms with Gasteiger partial charge in [0.15, 0.2) is 0 Å². The van der Waals surface area contributed by atoms with E-state index in [1.54, 1.807) is 25.3 Å². The van der Waals surface area contributed by atoms with E-state index in [-0.39, 0.29) is 5.82 Å². The first-order chi connectivity index (χ1) is 7.70. The summed E-state index contributed by atoms with van der Waals surface area (Å²) in [6.45, 7) is 0. The summed E-state index contributed by atoms with van der Waals surface area (Å²) in [7, 11) is 1.59. The van der Waals surface area contributed by atoms with Crippen LogP contribution in [-0.2, 0) is 0 Å². The molecular formula is C13H12FNO. The highest BCUT2D eigenvalue weighted by molar-refractivity contribution is 5.77. The molecule has 0 aromatic heterocycles. The van der Waals surface area contributed by atoms with E-state index in [1.165, 1.54) is 12.1 Å². The van der Waals surface area contributed by atoms with Crippen molar-refractivity contribution in [3.8, 4) is 16.9 Å². The molecule has 0 aliphatic heterocycles. The summed E-state index contributed by atoms with van der Waals surface area (Å²) in [6, 6.07) is 11.7. The fourth-order valence-corrected chi connectivity index (χ4v) is 1.56. The number of rotatable bonds is 2. The van der Waals surface area contributed by atoms with Gasteiger partial charge in [-0.25, -0.2) is 4.39 Å². The number of ether oxygens (including phenoxy) is 1. The van der Waals surface area contributed by atoms with Crippen LogP contribution in [-0.4, -0.2) is 7.11 Å². The largest absolute Gasteiger partial charge is 0.497 e. The van der Waals surface area contributed by atoms with Crippen molar-refractivity contribution in [1.82, 2.24) is 0 Å². The third kappa shape index (κ3) is 1.98. The molecule has 2 nitrogen and oxygen atoms in total. The van der Waals surface area contributed by atoms with E-state index in [2.05, 4.69) is 0 Å². The lowest BCUT2D eigenvalue weighted by Crippen LogP contribution is -1.92. The molecule has 3 heteroatoms. The number of benzene rings is 2. The van der Waals surface area contributed by atoms with Crippen molar-refractivity contribution >= 4 is 5.69 Å². The molecule has 2 aromatic carbocycles. The molecule has 0 unspecified atom stereocenters. The second-order valence-corrected chi connectivity index (χ2v) is 3.46. The Morgan fingerprint density at radius 2 is 1.75 bits per heavy atom. The third-order valence-corrected chi connectivity index (χ3v) is 2.41. The molecule has 0 fully saturated rings. The number of hydrogen-bond acceptors (Lipinski definition) is 2. The van der Waals surface area contributed by atoms with E-state index in [0.717, 1.165) is 11.1 Å². The normalized spacial score (nSPS) is 10.1. The Labute approximate surface area is 93.5 Å². The highest BCUT2D eigenvalue weighted by atomic mass is 19.1. The molecule has 0 radical (unpaired) electrons. The van der Waals surface area contributed by atoms with Crippen LogP contribution >= 0.6 is 0 Å². The fourth-order valence-electron chi connectivity index (χ4n) is 1.56. The smallest absolute Gasteiger partial charge is 0.123 e. The minimum Gasteiger partial charge on any atom is -0.497 e. The standard InChI is InChI=1S/C13H12FNO/c1-16-11-6-7-12(13(15)8-11)9-2-4-10(14)5-3-9/h2-8H,15H2,1H3. The van der Waals surface area contributed by atoms with Gasteiger partial charge in [-0.3, -0.25) is 0 Å². The van der Waals surface area contributed by atoms with Gasteiger partial charge in [-0.2, -0.15) is 0 Å². The first kappa shape index (κ1) is 10.5. The van der Waals surface area contributed by atoms with Crippen LogP contribution in [0.3, 0.4) is 0 Å². The van der Waals surface area contributed by atoms with Crippen molar-refractivity contribution in [2.24, 2.45) is 0 Å². The predicted molar refractivity (Wildman–Crippen MR) is 62.8 cm³/mol. The average molecular weight is 217 g/mol. The average Bonchev–Trinajstić information content (AvgIpc) is 2.30. The lowest BCUT2D eigenvalue weighted by molar-refractivity contribution is 0.415. The fraction of sp³-hybridized carbons (Fsp3) is 0.0769. The van der Waals surface area contributed by atoms with E-state index in [0.29, 0.717) is 11.4 Å². The molecule has 0 saturated heterocycles. The summed E-state index contributed by atoms with van der Waals surface area (Å²) >= 11 is 0. The Bertz CT molecular complexity index is 494. The minimum atomic E-state index is -0.254. The van der Waals surface area contributed by atoms with Crippen molar-refractivity contribution in [2.75, 3.05) is 12.8 Å². The van der Waals surface area contributed by atoms with Crippen LogP contribution in [0.2, 0.25) is 0 Å². The topological polar surface area (TPSA) is 35.2 Å². The first-order valence-electron chi connectivity index (χ1n) is 4.90. The zero-order valence-electron chi connectivity index (χ0n) is 8.91. The molecule has 16 heavy (non-hydrogen) atoms. The second-order valence-electron chi connectivity index (χ2n) is 3.46. The molecule has 0 atom stereocenters. The first-order valence-corrected chi connectivity index (χ1v) is 4.90. The molecule has 0 amide bonds. The highest BCUT2D eigenvalue weighted by Crippen LogP contribution is 2.29. The van der Waals surface area contributed by atoms with E-state index in [1.807, 2.05) is 12.1 Å². The van der Waals surface area contributed by atoms with Crippen LogP contribution in [0.4, 0.5) is 10.1 Å². The van der Waals surface area contributed by atoms with E-state index < -0.39 is 0 Å². The van der Waals surface area contributed by atoms with Crippen molar-refractivity contribution in [3.05, 3.63) is 48.3 Å². The van der Waals surface area contributed by atoms with Gasteiger partial charge in [-0.05, 0) is 29.8 Å². The van der Waals surface area contributed by atoms with Crippen LogP contribution in [0, 0.1) is 5.82 Å². The number of nitrogen functional groups attached to an aromatic ring is 1. The summed E-state index contributed by atoms with van der Waals surface area (Å²) in [5.41, 5.74) is 8.28. The van der Waals surface area contributed by atoms with Crippen LogP contribution in [0.15, 0.2) is 42.5 Å². The summed E-state index contributed by atoms with van der Waals surface area (Å²) in [5.74, 6) is 0.458. The number of hydrogen-bond donors (Lipinski definition) is 1. The summed E-state index contributed by atoms with van der Waals surface area (Å²) in [4.78, 5) is 0. The summed E-state index contributed by atoms with van der Waals surface area (Å²) in [5, 5.41) is 0. The Hall–Kier alpha value is -2.03. The Morgan fingerprint density at radius 1 is 1.06 bits per heavy atom. The van der Waals surface area contributed by atoms with Gasteiger partial charge in [-0.1, -0.05) is 12.1 Å². The SMILES string of the molecule is COc1ccc(-c2ccc(F)cc2)c(N)c1. The van der Waals surface area contributed by atoms with Crippen molar-refractivity contribution in [3.63, 3.8) is 0 Å². The number of halogens is 1. The Balaban J connectivity index is 2.44. The van der Waals surface area contributed by atoms with Gasteiger partial charge in [0.25, 0.3) is 0 Å². The van der Waals surface area contributed by atoms with E-state index >= 15 is 0 Å². The molecule has 0 spiro atoms. The summed E-state index contributed by atoms with van der Waals surface area (Å²) in [6.07, 6.45) is 0. The lowest BCUT2D eigenvalue weighted by atomic mass is 10.0. The molecular weight excluding hydrogens is 205 g/mol. The zero-order valence-corrected chi connectivity index (χ0v) is 8.91. The van der Waals surface area contributed by atoms with Gasteiger partial charge >= 0.3 is 0 Å². The number of nitrogens with two attached hydrogens (primary N) is 1. The minimum absolute atomic E-state index is 0.254. The van der Waals surface area contributed by atoms with Crippen LogP contribution in [0.1, 0.15) is 0 Å². The van der Waals surface area contributed by atoms with Gasteiger partial charge in [0.05, 0.1) is 7.11 Å². The molecule has 82 valence electrons. The monoisotopic (exact) mass is 217 g/mol. The van der Waals surface area contributed by atoms with E-state index in [4.69, 9.17) is 10.5 Å². The quantitative estimate of drug-likeness (QED) is 0.784. The third-order valence-electron chi connectivity index (χ3n) is 2.41. The van der Waals surface area contributed by atoms with Crippen molar-refractivity contribution in [1.29, 1.82) is 0 Å². The maximum atomic E-state index is 12.8.